The molecular formula is C10H18CaO10S2. The standard InChI is InChI=1S/2C5H10O5S.Ca/c2*1-2-3-4(5(6)7)11(8,9)10;/h2*4H,2-3H2,1H3,(H,6,7)(H,8,9,10);/q;;+2/p-2. The van der Waals surface area contributed by atoms with Gasteiger partial charge in [-0.25, -0.2) is 0 Å². The molecule has 10 nitrogen and oxygen atoms in total. The van der Waals surface area contributed by atoms with E-state index in [2.05, 4.69) is 0 Å². The molecule has 0 aliphatic heterocycles. The fourth-order valence-corrected chi connectivity index (χ4v) is 2.85. The van der Waals surface area contributed by atoms with Crippen LogP contribution in [0, 0.1) is 0 Å². The van der Waals surface area contributed by atoms with E-state index in [1.807, 2.05) is 0 Å². The van der Waals surface area contributed by atoms with E-state index in [-0.39, 0.29) is 50.6 Å². The summed E-state index contributed by atoms with van der Waals surface area (Å²) in [4.78, 5) is 20.2. The van der Waals surface area contributed by atoms with Crippen molar-refractivity contribution in [2.45, 2.75) is 50.0 Å². The van der Waals surface area contributed by atoms with Crippen LogP contribution in [-0.4, -0.2) is 86.1 Å². The number of carbonyl (C=O) groups is 2. The molecule has 0 rings (SSSR count). The van der Waals surface area contributed by atoms with Gasteiger partial charge in [0.05, 0.1) is 11.9 Å². The van der Waals surface area contributed by atoms with Crippen molar-refractivity contribution in [1.82, 2.24) is 0 Å². The van der Waals surface area contributed by atoms with Crippen LogP contribution in [0.5, 0.6) is 0 Å². The predicted molar refractivity (Wildman–Crippen MR) is 76.3 cm³/mol. The summed E-state index contributed by atoms with van der Waals surface area (Å²) in [6.45, 7) is 3.22. The molecule has 0 fully saturated rings. The molecule has 0 radical (unpaired) electrons. The van der Waals surface area contributed by atoms with Crippen LogP contribution in [0.4, 0.5) is 0 Å². The number of carboxylic acid groups (broad SMARTS) is 2. The maximum Gasteiger partial charge on any atom is 2.00 e. The molecule has 0 aliphatic carbocycles. The fraction of sp³-hybridized carbons (Fsp3) is 0.800. The first kappa shape index (κ1) is 27.8. The molecule has 0 amide bonds. The van der Waals surface area contributed by atoms with Crippen LogP contribution in [0.15, 0.2) is 0 Å². The van der Waals surface area contributed by atoms with Crippen molar-refractivity contribution in [3.8, 4) is 0 Å². The zero-order chi connectivity index (χ0) is 18.1. The Kier molecular flexibility index (Phi) is 15.0. The molecule has 2 atom stereocenters. The van der Waals surface area contributed by atoms with Crippen molar-refractivity contribution in [2.24, 2.45) is 0 Å². The summed E-state index contributed by atoms with van der Waals surface area (Å²) in [6, 6.07) is 0. The Morgan fingerprint density at radius 1 is 0.826 bits per heavy atom. The van der Waals surface area contributed by atoms with Gasteiger partial charge in [-0.3, -0.25) is 9.11 Å². The second-order valence-corrected chi connectivity index (χ2v) is 7.42. The summed E-state index contributed by atoms with van der Waals surface area (Å²) in [5, 5.41) is 16.6. The molecule has 0 aromatic carbocycles. The van der Waals surface area contributed by atoms with E-state index in [0.717, 1.165) is 0 Å². The van der Waals surface area contributed by atoms with E-state index >= 15 is 0 Å². The molecular weight excluding hydrogens is 384 g/mol. The van der Waals surface area contributed by atoms with Gasteiger partial charge in [0.25, 0.3) is 20.2 Å². The van der Waals surface area contributed by atoms with E-state index in [1.54, 1.807) is 13.8 Å². The largest absolute Gasteiger partial charge is 2.00 e. The van der Waals surface area contributed by atoms with Gasteiger partial charge in [-0.1, -0.05) is 26.7 Å². The van der Waals surface area contributed by atoms with Crippen molar-refractivity contribution < 1.29 is 45.7 Å². The normalized spacial score (nSPS) is 13.7. The minimum Gasteiger partial charge on any atom is -0.549 e. The van der Waals surface area contributed by atoms with Gasteiger partial charge in [0.15, 0.2) is 0 Å². The SMILES string of the molecule is CCCC(C(=O)[O-])S(=O)(=O)O.CCCC(C(=O)[O-])S(=O)(=O)O.[Ca+2]. The molecule has 0 saturated heterocycles. The Bertz CT molecular complexity index is 516. The first-order chi connectivity index (χ1) is 9.78. The molecule has 0 aromatic heterocycles. The van der Waals surface area contributed by atoms with Gasteiger partial charge < -0.3 is 19.8 Å². The topological polar surface area (TPSA) is 189 Å². The monoisotopic (exact) mass is 402 g/mol. The maximum atomic E-state index is 10.3. The molecule has 0 heterocycles. The van der Waals surface area contributed by atoms with E-state index in [9.17, 15) is 36.6 Å². The van der Waals surface area contributed by atoms with Crippen LogP contribution < -0.4 is 10.2 Å². The fourth-order valence-electron chi connectivity index (χ4n) is 1.30. The Morgan fingerprint density at radius 3 is 1.09 bits per heavy atom. The Labute approximate surface area is 164 Å². The zero-order valence-corrected chi connectivity index (χ0v) is 16.5. The third kappa shape index (κ3) is 13.0. The van der Waals surface area contributed by atoms with Crippen LogP contribution in [0.1, 0.15) is 39.5 Å². The number of rotatable bonds is 8. The van der Waals surface area contributed by atoms with Crippen LogP contribution in [0.25, 0.3) is 0 Å². The second kappa shape index (κ2) is 12.4. The summed E-state index contributed by atoms with van der Waals surface area (Å²) in [5.74, 6) is -3.51. The average molecular weight is 402 g/mol. The van der Waals surface area contributed by atoms with Crippen molar-refractivity contribution >= 4 is 69.9 Å². The number of hydrogen-bond donors (Lipinski definition) is 2. The van der Waals surface area contributed by atoms with Gasteiger partial charge >= 0.3 is 37.7 Å². The van der Waals surface area contributed by atoms with E-state index in [4.69, 9.17) is 9.11 Å². The first-order valence-corrected chi connectivity index (χ1v) is 9.13. The first-order valence-electron chi connectivity index (χ1n) is 6.13. The molecule has 2 N–H and O–H groups in total. The molecule has 0 aliphatic rings. The van der Waals surface area contributed by atoms with Crippen molar-refractivity contribution in [3.63, 3.8) is 0 Å². The molecule has 0 spiro atoms. The molecule has 13 heteroatoms. The molecule has 0 saturated carbocycles. The van der Waals surface area contributed by atoms with Crippen LogP contribution in [-0.2, 0) is 29.8 Å². The number of aliphatic carboxylic acids is 2. The van der Waals surface area contributed by atoms with Gasteiger partial charge in [0.2, 0.25) is 0 Å². The maximum absolute atomic E-state index is 10.3. The molecule has 0 aromatic rings. The van der Waals surface area contributed by atoms with Gasteiger partial charge in [-0.2, -0.15) is 16.8 Å². The number of carboxylic acids is 2. The van der Waals surface area contributed by atoms with E-state index < -0.39 is 42.7 Å². The van der Waals surface area contributed by atoms with Gasteiger partial charge in [0, 0.05) is 0 Å². The van der Waals surface area contributed by atoms with Crippen LogP contribution >= 0.6 is 0 Å². The summed E-state index contributed by atoms with van der Waals surface area (Å²) < 4.78 is 57.9. The van der Waals surface area contributed by atoms with Crippen LogP contribution in [0.2, 0.25) is 0 Å². The zero-order valence-electron chi connectivity index (χ0n) is 12.7. The summed E-state index contributed by atoms with van der Waals surface area (Å²) in [6.07, 6.45) is 0.471. The number of hydrogen-bond acceptors (Lipinski definition) is 8. The Hall–Kier alpha value is 0.0197. The summed E-state index contributed by atoms with van der Waals surface area (Å²) in [5.41, 5.74) is 0. The van der Waals surface area contributed by atoms with Gasteiger partial charge in [0.1, 0.15) is 10.5 Å². The molecule has 132 valence electrons. The van der Waals surface area contributed by atoms with Crippen molar-refractivity contribution in [1.29, 1.82) is 0 Å². The minimum atomic E-state index is -4.49. The predicted octanol–water partition coefficient (Wildman–Crippen LogP) is -2.80. The quantitative estimate of drug-likeness (QED) is 0.317. The summed E-state index contributed by atoms with van der Waals surface area (Å²) in [7, 11) is -8.98. The van der Waals surface area contributed by atoms with Gasteiger partial charge in [-0.05, 0) is 12.8 Å². The van der Waals surface area contributed by atoms with E-state index in [1.165, 1.54) is 0 Å². The van der Waals surface area contributed by atoms with Crippen molar-refractivity contribution in [2.75, 3.05) is 0 Å². The Balaban J connectivity index is -0.000000333. The third-order valence-corrected chi connectivity index (χ3v) is 4.64. The third-order valence-electron chi connectivity index (χ3n) is 2.35. The smallest absolute Gasteiger partial charge is 0.549 e. The number of carbonyl (C=O) groups excluding carboxylic acids is 2. The molecule has 0 bridgehead atoms. The molecule has 2 unspecified atom stereocenters. The molecule has 23 heavy (non-hydrogen) atoms. The second-order valence-electron chi connectivity index (χ2n) is 4.22. The van der Waals surface area contributed by atoms with Crippen molar-refractivity contribution in [3.05, 3.63) is 0 Å². The Morgan fingerprint density at radius 2 is 1.04 bits per heavy atom. The van der Waals surface area contributed by atoms with Gasteiger partial charge in [-0.15, -0.1) is 0 Å². The average Bonchev–Trinajstić information content (AvgIpc) is 2.30. The van der Waals surface area contributed by atoms with E-state index in [0.29, 0.717) is 12.8 Å². The summed E-state index contributed by atoms with van der Waals surface area (Å²) >= 11 is 0. The minimum absolute atomic E-state index is 0. The van der Waals surface area contributed by atoms with Crippen LogP contribution in [0.3, 0.4) is 0 Å².